The quantitative estimate of drug-likeness (QED) is 0.185. The number of para-hydroxylation sites is 1. The molecule has 236 valence electrons. The van der Waals surface area contributed by atoms with Gasteiger partial charge in [-0.25, -0.2) is 8.42 Å². The van der Waals surface area contributed by atoms with Gasteiger partial charge in [0.1, 0.15) is 29.8 Å². The van der Waals surface area contributed by atoms with E-state index in [-0.39, 0.29) is 23.0 Å². The van der Waals surface area contributed by atoms with Crippen LogP contribution in [0.15, 0.2) is 108 Å². The van der Waals surface area contributed by atoms with Crippen LogP contribution in [0.2, 0.25) is 0 Å². The molecule has 0 aliphatic heterocycles. The maximum Gasteiger partial charge on any atom is 0.264 e. The summed E-state index contributed by atoms with van der Waals surface area (Å²) in [4.78, 5) is 28.8. The lowest BCUT2D eigenvalue weighted by Crippen LogP contribution is -2.52. The first-order valence-corrected chi connectivity index (χ1v) is 16.2. The summed E-state index contributed by atoms with van der Waals surface area (Å²) in [5, 5.41) is 2.81. The smallest absolute Gasteiger partial charge is 0.264 e. The molecular weight excluding hydrogens is 590 g/mol. The Morgan fingerprint density at radius 1 is 0.822 bits per heavy atom. The Bertz CT molecular complexity index is 1680. The van der Waals surface area contributed by atoms with Gasteiger partial charge in [-0.05, 0) is 86.5 Å². The monoisotopic (exact) mass is 629 g/mol. The van der Waals surface area contributed by atoms with E-state index in [0.717, 1.165) is 15.4 Å². The number of anilines is 1. The molecule has 4 rings (SSSR count). The van der Waals surface area contributed by atoms with Crippen molar-refractivity contribution in [3.8, 4) is 17.2 Å². The van der Waals surface area contributed by atoms with Crippen LogP contribution in [0.3, 0.4) is 0 Å². The lowest BCUT2D eigenvalue weighted by molar-refractivity contribution is -0.140. The Morgan fingerprint density at radius 3 is 2.09 bits per heavy atom. The standard InChI is InChI=1S/C35H39N3O6S/c1-5-33(35(40)36-6-2)37(24-27-11-10-14-31(23-27)43-4)34(39)25-38(45(41,42)32-21-15-26(3)16-22-32)28-17-19-30(20-18-28)44-29-12-8-7-9-13-29/h7-23,33H,5-6,24-25H2,1-4H3,(H,36,40)/t33-/m1/s1. The van der Waals surface area contributed by atoms with Gasteiger partial charge in [0.2, 0.25) is 11.8 Å². The Balaban J connectivity index is 1.73. The van der Waals surface area contributed by atoms with E-state index in [4.69, 9.17) is 9.47 Å². The van der Waals surface area contributed by atoms with Crippen LogP contribution in [-0.2, 0) is 26.2 Å². The van der Waals surface area contributed by atoms with Crippen LogP contribution >= 0.6 is 0 Å². The fourth-order valence-electron chi connectivity index (χ4n) is 4.85. The first-order chi connectivity index (χ1) is 21.7. The fourth-order valence-corrected chi connectivity index (χ4v) is 6.26. The second-order valence-corrected chi connectivity index (χ2v) is 12.3. The molecule has 0 bridgehead atoms. The number of methoxy groups -OCH3 is 1. The number of carbonyl (C=O) groups excluding carboxylic acids is 2. The van der Waals surface area contributed by atoms with Crippen LogP contribution in [0, 0.1) is 6.92 Å². The van der Waals surface area contributed by atoms with E-state index in [1.165, 1.54) is 17.0 Å². The lowest BCUT2D eigenvalue weighted by Gasteiger charge is -2.33. The molecular formula is C35H39N3O6S. The highest BCUT2D eigenvalue weighted by atomic mass is 32.2. The molecule has 10 heteroatoms. The van der Waals surface area contributed by atoms with Crippen molar-refractivity contribution in [1.29, 1.82) is 0 Å². The van der Waals surface area contributed by atoms with E-state index in [0.29, 0.717) is 30.2 Å². The molecule has 0 saturated heterocycles. The van der Waals surface area contributed by atoms with E-state index >= 15 is 0 Å². The highest BCUT2D eigenvalue weighted by Crippen LogP contribution is 2.29. The zero-order chi connectivity index (χ0) is 32.4. The number of sulfonamides is 1. The van der Waals surface area contributed by atoms with Gasteiger partial charge in [0, 0.05) is 13.1 Å². The Labute approximate surface area is 265 Å². The molecule has 1 atom stereocenters. The van der Waals surface area contributed by atoms with Gasteiger partial charge in [0.15, 0.2) is 0 Å². The van der Waals surface area contributed by atoms with Gasteiger partial charge in [0.25, 0.3) is 10.0 Å². The van der Waals surface area contributed by atoms with E-state index in [9.17, 15) is 18.0 Å². The number of nitrogens with one attached hydrogen (secondary N) is 1. The van der Waals surface area contributed by atoms with E-state index < -0.39 is 28.5 Å². The molecule has 0 aromatic heterocycles. The van der Waals surface area contributed by atoms with Gasteiger partial charge in [-0.1, -0.05) is 55.0 Å². The molecule has 0 spiro atoms. The first-order valence-electron chi connectivity index (χ1n) is 14.8. The van der Waals surface area contributed by atoms with Crippen molar-refractivity contribution >= 4 is 27.5 Å². The summed E-state index contributed by atoms with van der Waals surface area (Å²) in [5.41, 5.74) is 1.91. The molecule has 4 aromatic carbocycles. The molecule has 0 aliphatic carbocycles. The number of hydrogen-bond donors (Lipinski definition) is 1. The van der Waals surface area contributed by atoms with Crippen molar-refractivity contribution in [1.82, 2.24) is 10.2 Å². The molecule has 0 fully saturated rings. The molecule has 4 aromatic rings. The summed E-state index contributed by atoms with van der Waals surface area (Å²) in [6, 6.07) is 28.6. The van der Waals surface area contributed by atoms with Crippen molar-refractivity contribution in [3.63, 3.8) is 0 Å². The van der Waals surface area contributed by atoms with Gasteiger partial charge in [-0.3, -0.25) is 13.9 Å². The molecule has 0 aliphatic rings. The van der Waals surface area contributed by atoms with Gasteiger partial charge in [-0.2, -0.15) is 0 Å². The van der Waals surface area contributed by atoms with Crippen molar-refractivity contribution in [3.05, 3.63) is 114 Å². The fraction of sp³-hybridized carbons (Fsp3) is 0.257. The summed E-state index contributed by atoms with van der Waals surface area (Å²) < 4.78 is 40.6. The van der Waals surface area contributed by atoms with Crippen LogP contribution in [-0.4, -0.2) is 51.4 Å². The molecule has 9 nitrogen and oxygen atoms in total. The van der Waals surface area contributed by atoms with Crippen LogP contribution in [0.1, 0.15) is 31.4 Å². The number of benzene rings is 4. The van der Waals surface area contributed by atoms with E-state index in [1.807, 2.05) is 50.2 Å². The van der Waals surface area contributed by atoms with Gasteiger partial charge in [0.05, 0.1) is 17.7 Å². The SMILES string of the molecule is CCNC(=O)[C@@H](CC)N(Cc1cccc(OC)c1)C(=O)CN(c1ccc(Oc2ccccc2)cc1)S(=O)(=O)c1ccc(C)cc1. The summed E-state index contributed by atoms with van der Waals surface area (Å²) in [6.45, 7) is 5.43. The number of ether oxygens (including phenoxy) is 2. The van der Waals surface area contributed by atoms with Gasteiger partial charge < -0.3 is 19.7 Å². The average Bonchev–Trinajstić information content (AvgIpc) is 3.04. The maximum absolute atomic E-state index is 14.2. The highest BCUT2D eigenvalue weighted by Gasteiger charge is 2.33. The zero-order valence-electron chi connectivity index (χ0n) is 26.0. The zero-order valence-corrected chi connectivity index (χ0v) is 26.8. The van der Waals surface area contributed by atoms with Crippen molar-refractivity contribution in [2.75, 3.05) is 24.5 Å². The van der Waals surface area contributed by atoms with Crippen LogP contribution < -0.4 is 19.1 Å². The topological polar surface area (TPSA) is 105 Å². The normalized spacial score (nSPS) is 11.7. The second kappa shape index (κ2) is 15.3. The maximum atomic E-state index is 14.2. The third kappa shape index (κ3) is 8.42. The van der Waals surface area contributed by atoms with Gasteiger partial charge in [-0.15, -0.1) is 0 Å². The third-order valence-corrected chi connectivity index (χ3v) is 9.00. The molecule has 0 unspecified atom stereocenters. The number of nitrogens with zero attached hydrogens (tertiary/aromatic N) is 2. The minimum Gasteiger partial charge on any atom is -0.497 e. The minimum atomic E-state index is -4.19. The molecule has 2 amide bonds. The predicted molar refractivity (Wildman–Crippen MR) is 175 cm³/mol. The highest BCUT2D eigenvalue weighted by molar-refractivity contribution is 7.92. The number of rotatable bonds is 14. The van der Waals surface area contributed by atoms with Crippen LogP contribution in [0.25, 0.3) is 0 Å². The Morgan fingerprint density at radius 2 is 1.47 bits per heavy atom. The minimum absolute atomic E-state index is 0.0422. The molecule has 0 heterocycles. The predicted octanol–water partition coefficient (Wildman–Crippen LogP) is 5.93. The summed E-state index contributed by atoms with van der Waals surface area (Å²) >= 11 is 0. The number of amides is 2. The summed E-state index contributed by atoms with van der Waals surface area (Å²) in [5.74, 6) is 0.898. The van der Waals surface area contributed by atoms with Crippen LogP contribution in [0.5, 0.6) is 17.2 Å². The number of hydrogen-bond acceptors (Lipinski definition) is 6. The van der Waals surface area contributed by atoms with Crippen molar-refractivity contribution in [2.24, 2.45) is 0 Å². The number of likely N-dealkylation sites (N-methyl/N-ethyl adjacent to an activating group) is 1. The van der Waals surface area contributed by atoms with E-state index in [1.54, 1.807) is 68.6 Å². The van der Waals surface area contributed by atoms with Gasteiger partial charge >= 0.3 is 0 Å². The summed E-state index contributed by atoms with van der Waals surface area (Å²) in [6.07, 6.45) is 0.331. The summed E-state index contributed by atoms with van der Waals surface area (Å²) in [7, 11) is -2.64. The molecule has 45 heavy (non-hydrogen) atoms. The lowest BCUT2D eigenvalue weighted by atomic mass is 10.1. The average molecular weight is 630 g/mol. The second-order valence-electron chi connectivity index (χ2n) is 10.4. The van der Waals surface area contributed by atoms with E-state index in [2.05, 4.69) is 5.32 Å². The Kier molecular flexibility index (Phi) is 11.2. The van der Waals surface area contributed by atoms with Crippen molar-refractivity contribution in [2.45, 2.75) is 44.7 Å². The number of aryl methyl sites for hydroxylation is 1. The van der Waals surface area contributed by atoms with Crippen molar-refractivity contribution < 1.29 is 27.5 Å². The first kappa shape index (κ1) is 33.1. The van der Waals surface area contributed by atoms with Crippen LogP contribution in [0.4, 0.5) is 5.69 Å². The third-order valence-electron chi connectivity index (χ3n) is 7.22. The Hall–Kier alpha value is -4.83. The molecule has 0 radical (unpaired) electrons. The molecule has 1 N–H and O–H groups in total. The largest absolute Gasteiger partial charge is 0.497 e. The number of carbonyl (C=O) groups is 2. The molecule has 0 saturated carbocycles.